The van der Waals surface area contributed by atoms with Crippen molar-refractivity contribution in [3.05, 3.63) is 28.8 Å². The molecule has 1 unspecified atom stereocenters. The van der Waals surface area contributed by atoms with E-state index in [4.69, 9.17) is 17.3 Å². The molecule has 112 valence electrons. The largest absolute Gasteiger partial charge is 0.330 e. The van der Waals surface area contributed by atoms with E-state index in [9.17, 15) is 4.79 Å². The van der Waals surface area contributed by atoms with E-state index in [1.165, 1.54) is 0 Å². The molecule has 3 N–H and O–H groups in total. The predicted octanol–water partition coefficient (Wildman–Crippen LogP) is 2.29. The number of nitrogens with one attached hydrogen (secondary N) is 1. The van der Waals surface area contributed by atoms with E-state index >= 15 is 0 Å². The number of amides is 1. The van der Waals surface area contributed by atoms with Crippen molar-refractivity contribution in [3.8, 4) is 0 Å². The van der Waals surface area contributed by atoms with Gasteiger partial charge in [-0.2, -0.15) is 0 Å². The summed E-state index contributed by atoms with van der Waals surface area (Å²) in [4.78, 5) is 14.1. The van der Waals surface area contributed by atoms with Crippen LogP contribution >= 0.6 is 24.0 Å². The SMILES string of the molecule is Cc1ccc(NC(=O)CN2CCC(CN)C2)cc1Cl.Cl. The number of halogens is 2. The second kappa shape index (κ2) is 7.84. The molecule has 1 saturated heterocycles. The van der Waals surface area contributed by atoms with Gasteiger partial charge in [0.15, 0.2) is 0 Å². The van der Waals surface area contributed by atoms with Crippen LogP contribution in [0.15, 0.2) is 18.2 Å². The van der Waals surface area contributed by atoms with Crippen LogP contribution < -0.4 is 11.1 Å². The molecular weight excluding hydrogens is 297 g/mol. The highest BCUT2D eigenvalue weighted by molar-refractivity contribution is 6.31. The third kappa shape index (κ3) is 4.63. The summed E-state index contributed by atoms with van der Waals surface area (Å²) >= 11 is 6.03. The number of aryl methyl sites for hydroxylation is 1. The molecule has 1 heterocycles. The van der Waals surface area contributed by atoms with Gasteiger partial charge in [-0.05, 0) is 50.0 Å². The summed E-state index contributed by atoms with van der Waals surface area (Å²) in [5.41, 5.74) is 7.39. The number of carbonyl (C=O) groups excluding carboxylic acids is 1. The van der Waals surface area contributed by atoms with Crippen LogP contribution in [0.25, 0.3) is 0 Å². The van der Waals surface area contributed by atoms with E-state index in [2.05, 4.69) is 10.2 Å². The lowest BCUT2D eigenvalue weighted by molar-refractivity contribution is -0.117. The van der Waals surface area contributed by atoms with E-state index in [1.807, 2.05) is 19.1 Å². The smallest absolute Gasteiger partial charge is 0.238 e. The molecule has 0 radical (unpaired) electrons. The first-order valence-corrected chi connectivity index (χ1v) is 6.94. The lowest BCUT2D eigenvalue weighted by Gasteiger charge is -2.15. The molecular formula is C14H21Cl2N3O. The van der Waals surface area contributed by atoms with Crippen LogP contribution in [0, 0.1) is 12.8 Å². The molecule has 0 saturated carbocycles. The van der Waals surface area contributed by atoms with E-state index in [0.29, 0.717) is 24.0 Å². The van der Waals surface area contributed by atoms with Crippen LogP contribution in [0.2, 0.25) is 5.02 Å². The van der Waals surface area contributed by atoms with Crippen molar-refractivity contribution >= 4 is 35.6 Å². The summed E-state index contributed by atoms with van der Waals surface area (Å²) in [6.45, 7) is 4.92. The van der Waals surface area contributed by atoms with Gasteiger partial charge in [-0.3, -0.25) is 9.69 Å². The van der Waals surface area contributed by atoms with Gasteiger partial charge in [-0.15, -0.1) is 12.4 Å². The first-order chi connectivity index (χ1) is 9.08. The fourth-order valence-electron chi connectivity index (χ4n) is 2.32. The van der Waals surface area contributed by atoms with Gasteiger partial charge < -0.3 is 11.1 Å². The van der Waals surface area contributed by atoms with E-state index in [1.54, 1.807) is 6.07 Å². The molecule has 6 heteroatoms. The van der Waals surface area contributed by atoms with Crippen LogP contribution in [0.5, 0.6) is 0 Å². The number of hydrogen-bond donors (Lipinski definition) is 2. The number of carbonyl (C=O) groups is 1. The van der Waals surface area contributed by atoms with Crippen molar-refractivity contribution in [1.82, 2.24) is 4.90 Å². The van der Waals surface area contributed by atoms with Crippen molar-refractivity contribution in [2.24, 2.45) is 11.7 Å². The van der Waals surface area contributed by atoms with E-state index < -0.39 is 0 Å². The molecule has 2 rings (SSSR count). The molecule has 0 aromatic heterocycles. The summed E-state index contributed by atoms with van der Waals surface area (Å²) in [7, 11) is 0. The third-order valence-corrected chi connectivity index (χ3v) is 3.93. The number of nitrogens with two attached hydrogens (primary N) is 1. The Morgan fingerprint density at radius 3 is 2.90 bits per heavy atom. The van der Waals surface area contributed by atoms with Crippen molar-refractivity contribution in [2.45, 2.75) is 13.3 Å². The summed E-state index contributed by atoms with van der Waals surface area (Å²) in [5.74, 6) is 0.527. The number of benzene rings is 1. The van der Waals surface area contributed by atoms with Crippen LogP contribution in [0.3, 0.4) is 0 Å². The normalized spacial score (nSPS) is 18.6. The van der Waals surface area contributed by atoms with Crippen molar-refractivity contribution in [3.63, 3.8) is 0 Å². The van der Waals surface area contributed by atoms with Crippen LogP contribution in [0.1, 0.15) is 12.0 Å². The molecule has 4 nitrogen and oxygen atoms in total. The Bertz CT molecular complexity index is 468. The maximum absolute atomic E-state index is 11.9. The molecule has 20 heavy (non-hydrogen) atoms. The van der Waals surface area contributed by atoms with Gasteiger partial charge in [0.25, 0.3) is 0 Å². The van der Waals surface area contributed by atoms with Gasteiger partial charge in [-0.25, -0.2) is 0 Å². The van der Waals surface area contributed by atoms with Crippen LogP contribution in [-0.2, 0) is 4.79 Å². The number of rotatable bonds is 4. The highest BCUT2D eigenvalue weighted by Gasteiger charge is 2.22. The minimum atomic E-state index is -0.00223. The average molecular weight is 318 g/mol. The minimum Gasteiger partial charge on any atom is -0.330 e. The molecule has 1 aliphatic heterocycles. The fourth-order valence-corrected chi connectivity index (χ4v) is 2.50. The van der Waals surface area contributed by atoms with Crippen LogP contribution in [0.4, 0.5) is 5.69 Å². The Hall–Kier alpha value is -0.810. The maximum atomic E-state index is 11.9. The fraction of sp³-hybridized carbons (Fsp3) is 0.500. The topological polar surface area (TPSA) is 58.4 Å². The summed E-state index contributed by atoms with van der Waals surface area (Å²) in [6.07, 6.45) is 1.08. The summed E-state index contributed by atoms with van der Waals surface area (Å²) in [6, 6.07) is 5.55. The standard InChI is InChI=1S/C14H20ClN3O.ClH/c1-10-2-3-12(6-13(10)15)17-14(19)9-18-5-4-11(7-16)8-18;/h2-3,6,11H,4-5,7-9,16H2,1H3,(H,17,19);1H. The van der Waals surface area contributed by atoms with Crippen molar-refractivity contribution in [2.75, 3.05) is 31.5 Å². The Labute approximate surface area is 131 Å². The van der Waals surface area contributed by atoms with E-state index in [0.717, 1.165) is 30.8 Å². The van der Waals surface area contributed by atoms with Gasteiger partial charge in [0.05, 0.1) is 6.54 Å². The van der Waals surface area contributed by atoms with E-state index in [-0.39, 0.29) is 18.3 Å². The Balaban J connectivity index is 0.00000200. The first-order valence-electron chi connectivity index (χ1n) is 6.57. The lowest BCUT2D eigenvalue weighted by atomic mass is 10.1. The molecule has 1 atom stereocenters. The molecule has 1 amide bonds. The predicted molar refractivity (Wildman–Crippen MR) is 85.7 cm³/mol. The molecule has 1 fully saturated rings. The van der Waals surface area contributed by atoms with Gasteiger partial charge >= 0.3 is 0 Å². The van der Waals surface area contributed by atoms with Crippen LogP contribution in [-0.4, -0.2) is 37.0 Å². The molecule has 0 bridgehead atoms. The second-order valence-corrected chi connectivity index (χ2v) is 5.54. The molecule has 1 aromatic rings. The Morgan fingerprint density at radius 2 is 2.30 bits per heavy atom. The zero-order valence-corrected chi connectivity index (χ0v) is 13.1. The van der Waals surface area contributed by atoms with Gasteiger partial charge in [0.2, 0.25) is 5.91 Å². The monoisotopic (exact) mass is 317 g/mol. The zero-order chi connectivity index (χ0) is 13.8. The quantitative estimate of drug-likeness (QED) is 0.895. The Kier molecular flexibility index (Phi) is 6.76. The summed E-state index contributed by atoms with van der Waals surface area (Å²) in [5, 5.41) is 3.54. The Morgan fingerprint density at radius 1 is 1.55 bits per heavy atom. The lowest BCUT2D eigenvalue weighted by Crippen LogP contribution is -2.32. The number of hydrogen-bond acceptors (Lipinski definition) is 3. The maximum Gasteiger partial charge on any atom is 0.238 e. The molecule has 0 aliphatic carbocycles. The molecule has 1 aromatic carbocycles. The zero-order valence-electron chi connectivity index (χ0n) is 11.6. The van der Waals surface area contributed by atoms with Crippen molar-refractivity contribution in [1.29, 1.82) is 0 Å². The van der Waals surface area contributed by atoms with Gasteiger partial charge in [0, 0.05) is 17.3 Å². The molecule has 1 aliphatic rings. The van der Waals surface area contributed by atoms with Gasteiger partial charge in [0.1, 0.15) is 0 Å². The second-order valence-electron chi connectivity index (χ2n) is 5.14. The summed E-state index contributed by atoms with van der Waals surface area (Å²) < 4.78 is 0. The third-order valence-electron chi connectivity index (χ3n) is 3.53. The number of likely N-dealkylation sites (tertiary alicyclic amines) is 1. The first kappa shape index (κ1) is 17.2. The van der Waals surface area contributed by atoms with Gasteiger partial charge in [-0.1, -0.05) is 17.7 Å². The average Bonchev–Trinajstić information content (AvgIpc) is 2.81. The highest BCUT2D eigenvalue weighted by Crippen LogP contribution is 2.20. The number of nitrogens with zero attached hydrogens (tertiary/aromatic N) is 1. The minimum absolute atomic E-state index is 0. The highest BCUT2D eigenvalue weighted by atomic mass is 35.5. The van der Waals surface area contributed by atoms with Crippen molar-refractivity contribution < 1.29 is 4.79 Å². The molecule has 0 spiro atoms. The number of anilines is 1.